The van der Waals surface area contributed by atoms with Crippen LogP contribution in [-0.4, -0.2) is 44.8 Å². The molecule has 5 nitrogen and oxygen atoms in total. The van der Waals surface area contributed by atoms with Gasteiger partial charge in [0.25, 0.3) is 0 Å². The molecule has 1 aromatic heterocycles. The van der Waals surface area contributed by atoms with Gasteiger partial charge in [-0.3, -0.25) is 9.47 Å². The maximum Gasteiger partial charge on any atom is 0.151 e. The van der Waals surface area contributed by atoms with E-state index < -0.39 is 0 Å². The number of rotatable bonds is 4. The van der Waals surface area contributed by atoms with E-state index in [2.05, 4.69) is 53.4 Å². The monoisotopic (exact) mass is 285 g/mol. The van der Waals surface area contributed by atoms with Crippen LogP contribution in [-0.2, 0) is 6.54 Å². The average Bonchev–Trinajstić information content (AvgIpc) is 3.02. The van der Waals surface area contributed by atoms with Crippen molar-refractivity contribution in [3.05, 3.63) is 42.5 Å². The largest absolute Gasteiger partial charge is 0.306 e. The van der Waals surface area contributed by atoms with Crippen LogP contribution in [0, 0.1) is 0 Å². The molecule has 0 unspecified atom stereocenters. The van der Waals surface area contributed by atoms with E-state index in [1.165, 1.54) is 0 Å². The normalized spacial score (nSPS) is 21.8. The van der Waals surface area contributed by atoms with Crippen LogP contribution in [0.2, 0.25) is 0 Å². The van der Waals surface area contributed by atoms with E-state index in [1.54, 1.807) is 6.33 Å². The first-order chi connectivity index (χ1) is 10.1. The molecule has 0 bridgehead atoms. The third kappa shape index (κ3) is 2.99. The minimum absolute atomic E-state index is 0.269. The first-order valence-corrected chi connectivity index (χ1v) is 7.45. The summed E-state index contributed by atoms with van der Waals surface area (Å²) in [6.07, 6.45) is 2.93. The van der Waals surface area contributed by atoms with Gasteiger partial charge >= 0.3 is 0 Å². The Morgan fingerprint density at radius 1 is 1.29 bits per heavy atom. The van der Waals surface area contributed by atoms with Crippen LogP contribution in [0.1, 0.15) is 26.1 Å². The van der Waals surface area contributed by atoms with Gasteiger partial charge in [-0.15, -0.1) is 10.2 Å². The van der Waals surface area contributed by atoms with Crippen molar-refractivity contribution in [3.8, 4) is 5.69 Å². The lowest BCUT2D eigenvalue weighted by Gasteiger charge is -2.26. The molecule has 1 saturated heterocycles. The molecule has 1 N–H and O–H groups in total. The summed E-state index contributed by atoms with van der Waals surface area (Å²) in [5.74, 6) is 0.952. The van der Waals surface area contributed by atoms with Crippen molar-refractivity contribution in [2.24, 2.45) is 0 Å². The summed E-state index contributed by atoms with van der Waals surface area (Å²) >= 11 is 0. The maximum absolute atomic E-state index is 4.25. The third-order valence-electron chi connectivity index (χ3n) is 4.48. The van der Waals surface area contributed by atoms with Crippen LogP contribution in [0.3, 0.4) is 0 Å². The molecule has 1 aliphatic rings. The Labute approximate surface area is 126 Å². The van der Waals surface area contributed by atoms with Crippen molar-refractivity contribution in [2.75, 3.05) is 13.6 Å². The molecule has 112 valence electrons. The number of hydrogen-bond donors (Lipinski definition) is 1. The summed E-state index contributed by atoms with van der Waals surface area (Å²) in [4.78, 5) is 2.41. The number of hydrogen-bond acceptors (Lipinski definition) is 4. The van der Waals surface area contributed by atoms with Gasteiger partial charge in [-0.05, 0) is 39.4 Å². The SMILES string of the molecule is CN1C[C@H](NCc2nncn2-c2ccccc2)CC1(C)C. The fourth-order valence-electron chi connectivity index (χ4n) is 2.96. The van der Waals surface area contributed by atoms with Crippen LogP contribution in [0.5, 0.6) is 0 Å². The number of nitrogens with zero attached hydrogens (tertiary/aromatic N) is 4. The second-order valence-corrected chi connectivity index (χ2v) is 6.43. The van der Waals surface area contributed by atoms with E-state index in [0.29, 0.717) is 6.04 Å². The molecule has 21 heavy (non-hydrogen) atoms. The van der Waals surface area contributed by atoms with Crippen LogP contribution in [0.4, 0.5) is 0 Å². The van der Waals surface area contributed by atoms with E-state index in [0.717, 1.165) is 31.0 Å². The van der Waals surface area contributed by atoms with Crippen molar-refractivity contribution < 1.29 is 0 Å². The summed E-state index contributed by atoms with van der Waals surface area (Å²) in [5.41, 5.74) is 1.37. The van der Waals surface area contributed by atoms with Gasteiger partial charge in [0.1, 0.15) is 6.33 Å². The lowest BCUT2D eigenvalue weighted by molar-refractivity contribution is 0.218. The van der Waals surface area contributed by atoms with Gasteiger partial charge in [-0.2, -0.15) is 0 Å². The Bertz CT molecular complexity index is 590. The number of benzene rings is 1. The molecule has 2 heterocycles. The van der Waals surface area contributed by atoms with Gasteiger partial charge in [0.05, 0.1) is 6.54 Å². The number of aromatic nitrogens is 3. The predicted octanol–water partition coefficient (Wildman–Crippen LogP) is 1.84. The van der Waals surface area contributed by atoms with Gasteiger partial charge in [-0.25, -0.2) is 0 Å². The van der Waals surface area contributed by atoms with E-state index >= 15 is 0 Å². The Morgan fingerprint density at radius 3 is 2.71 bits per heavy atom. The Hall–Kier alpha value is -1.72. The van der Waals surface area contributed by atoms with Gasteiger partial charge in [0.15, 0.2) is 5.82 Å². The highest BCUT2D eigenvalue weighted by Gasteiger charge is 2.35. The lowest BCUT2D eigenvalue weighted by atomic mass is 10.0. The average molecular weight is 285 g/mol. The molecule has 1 atom stereocenters. The molecule has 5 heteroatoms. The smallest absolute Gasteiger partial charge is 0.151 e. The molecule has 0 amide bonds. The molecule has 3 rings (SSSR count). The van der Waals surface area contributed by atoms with Crippen LogP contribution >= 0.6 is 0 Å². The summed E-state index contributed by atoms with van der Waals surface area (Å²) < 4.78 is 2.04. The summed E-state index contributed by atoms with van der Waals surface area (Å²) in [6, 6.07) is 10.7. The quantitative estimate of drug-likeness (QED) is 0.931. The van der Waals surface area contributed by atoms with Crippen molar-refractivity contribution in [2.45, 2.75) is 38.4 Å². The second kappa shape index (κ2) is 5.58. The minimum atomic E-state index is 0.269. The van der Waals surface area contributed by atoms with E-state index in [9.17, 15) is 0 Å². The van der Waals surface area contributed by atoms with Gasteiger partial charge in [0.2, 0.25) is 0 Å². The molecular formula is C16H23N5. The zero-order chi connectivity index (χ0) is 14.9. The van der Waals surface area contributed by atoms with Crippen LogP contribution in [0.25, 0.3) is 5.69 Å². The summed E-state index contributed by atoms with van der Waals surface area (Å²) in [5, 5.41) is 11.9. The molecule has 1 aliphatic heterocycles. The highest BCUT2D eigenvalue weighted by Crippen LogP contribution is 2.26. The molecule has 0 saturated carbocycles. The predicted molar refractivity (Wildman–Crippen MR) is 83.3 cm³/mol. The Morgan fingerprint density at radius 2 is 2.05 bits per heavy atom. The highest BCUT2D eigenvalue weighted by molar-refractivity contribution is 5.31. The molecule has 0 spiro atoms. The number of likely N-dealkylation sites (N-methyl/N-ethyl adjacent to an activating group) is 1. The maximum atomic E-state index is 4.25. The number of likely N-dealkylation sites (tertiary alicyclic amines) is 1. The lowest BCUT2D eigenvalue weighted by Crippen LogP contribution is -2.34. The summed E-state index contributed by atoms with van der Waals surface area (Å²) in [6.45, 7) is 6.40. The first-order valence-electron chi connectivity index (χ1n) is 7.45. The Kier molecular flexibility index (Phi) is 3.78. The van der Waals surface area contributed by atoms with E-state index in [4.69, 9.17) is 0 Å². The van der Waals surface area contributed by atoms with Crippen molar-refractivity contribution in [1.29, 1.82) is 0 Å². The summed E-state index contributed by atoms with van der Waals surface area (Å²) in [7, 11) is 2.19. The molecule has 2 aromatic rings. The fraction of sp³-hybridized carbons (Fsp3) is 0.500. The highest BCUT2D eigenvalue weighted by atomic mass is 15.3. The van der Waals surface area contributed by atoms with Crippen molar-refractivity contribution >= 4 is 0 Å². The van der Waals surface area contributed by atoms with Gasteiger partial charge in [0, 0.05) is 23.8 Å². The van der Waals surface area contributed by atoms with Gasteiger partial charge < -0.3 is 5.32 Å². The topological polar surface area (TPSA) is 46.0 Å². The number of nitrogens with one attached hydrogen (secondary N) is 1. The molecule has 1 fully saturated rings. The van der Waals surface area contributed by atoms with Crippen molar-refractivity contribution in [3.63, 3.8) is 0 Å². The zero-order valence-electron chi connectivity index (χ0n) is 13.0. The standard InChI is InChI=1S/C16H23N5/c1-16(2)9-13(11-20(16)3)17-10-15-19-18-12-21(15)14-7-5-4-6-8-14/h4-8,12-13,17H,9-11H2,1-3H3/t13-/m1/s1. The Balaban J connectivity index is 1.66. The van der Waals surface area contributed by atoms with Gasteiger partial charge in [-0.1, -0.05) is 18.2 Å². The molecular weight excluding hydrogens is 262 g/mol. The van der Waals surface area contributed by atoms with E-state index in [1.807, 2.05) is 22.8 Å². The first kappa shape index (κ1) is 14.2. The molecule has 0 radical (unpaired) electrons. The second-order valence-electron chi connectivity index (χ2n) is 6.43. The third-order valence-corrected chi connectivity index (χ3v) is 4.48. The van der Waals surface area contributed by atoms with Crippen molar-refractivity contribution in [1.82, 2.24) is 25.0 Å². The zero-order valence-corrected chi connectivity index (χ0v) is 13.0. The van der Waals surface area contributed by atoms with Crippen LogP contribution in [0.15, 0.2) is 36.7 Å². The van der Waals surface area contributed by atoms with Crippen LogP contribution < -0.4 is 5.32 Å². The molecule has 0 aliphatic carbocycles. The minimum Gasteiger partial charge on any atom is -0.306 e. The number of para-hydroxylation sites is 1. The van der Waals surface area contributed by atoms with E-state index in [-0.39, 0.29) is 5.54 Å². The fourth-order valence-corrected chi connectivity index (χ4v) is 2.96. The molecule has 1 aromatic carbocycles.